The minimum atomic E-state index is -4.35. The second-order valence-electron chi connectivity index (χ2n) is 8.87. The fraction of sp³-hybridized carbons (Fsp3) is 0.565. The monoisotopic (exact) mass is 514 g/mol. The largest absolute Gasteiger partial charge is 0.416 e. The molecule has 4 rings (SSSR count). The fourth-order valence-electron chi connectivity index (χ4n) is 4.29. The first-order valence-electron chi connectivity index (χ1n) is 11.2. The Hall–Kier alpha value is -1.61. The molecule has 2 fully saturated rings. The van der Waals surface area contributed by atoms with E-state index in [-0.39, 0.29) is 11.5 Å². The second-order valence-corrected chi connectivity index (χ2v) is 10.3. The molecule has 11 heteroatoms. The topological polar surface area (TPSA) is 59.5 Å². The van der Waals surface area contributed by atoms with E-state index in [1.54, 1.807) is 0 Å². The van der Waals surface area contributed by atoms with Crippen LogP contribution in [0, 0.1) is 5.41 Å². The highest BCUT2D eigenvalue weighted by atomic mass is 32.2. The van der Waals surface area contributed by atoms with Crippen LogP contribution in [-0.4, -0.2) is 61.0 Å². The summed E-state index contributed by atoms with van der Waals surface area (Å²) in [6.07, 6.45) is 1.32. The number of hydrogen-bond donors (Lipinski definition) is 1. The van der Waals surface area contributed by atoms with Crippen molar-refractivity contribution in [1.29, 1.82) is 0 Å². The molecule has 2 aromatic rings. The number of thioether (sulfide) groups is 1. The van der Waals surface area contributed by atoms with Crippen molar-refractivity contribution in [2.45, 2.75) is 31.6 Å². The molecule has 1 aromatic heterocycles. The lowest BCUT2D eigenvalue weighted by Gasteiger charge is -2.39. The molecule has 0 amide bonds. The van der Waals surface area contributed by atoms with Gasteiger partial charge in [-0.25, -0.2) is 9.97 Å². The zero-order valence-electron chi connectivity index (χ0n) is 19.1. The van der Waals surface area contributed by atoms with E-state index in [0.29, 0.717) is 19.8 Å². The third kappa shape index (κ3) is 5.96. The molecule has 1 atom stereocenters. The van der Waals surface area contributed by atoms with Crippen LogP contribution in [0.3, 0.4) is 0 Å². The summed E-state index contributed by atoms with van der Waals surface area (Å²) in [5, 5.41) is 4.38. The number of benzene rings is 1. The van der Waals surface area contributed by atoms with E-state index in [1.165, 1.54) is 18.5 Å². The van der Waals surface area contributed by atoms with E-state index < -0.39 is 11.7 Å². The molecule has 0 aliphatic carbocycles. The quantitative estimate of drug-likeness (QED) is 0.508. The van der Waals surface area contributed by atoms with Crippen LogP contribution in [0.4, 0.5) is 24.8 Å². The maximum atomic E-state index is 13.0. The van der Waals surface area contributed by atoms with E-state index in [0.717, 1.165) is 73.0 Å². The van der Waals surface area contributed by atoms with Gasteiger partial charge in [0.15, 0.2) is 0 Å². The highest BCUT2D eigenvalue weighted by Gasteiger charge is 2.34. The number of nitrogens with one attached hydrogen (secondary N) is 1. The smallest absolute Gasteiger partial charge is 0.381 e. The second kappa shape index (κ2) is 11.0. The Morgan fingerprint density at radius 1 is 1.15 bits per heavy atom. The molecule has 2 saturated heterocycles. The zero-order valence-corrected chi connectivity index (χ0v) is 21.1. The minimum absolute atomic E-state index is 0.0997. The number of ether oxygens (including phenoxy) is 2. The molecule has 1 N–H and O–H groups in total. The standard InChI is InChI=1S/C23H30F3N4O2PS/c1-34-14-22(6-8-31-9-7-22)13-27-20-19(33)21(29-15-28-20)30(18-11-32-12-18)10-16-2-4-17(5-3-16)23(24,25)26/h2-5,15,18H,6-14,33H2,1H3,(H,27,28,29). The van der Waals surface area contributed by atoms with Gasteiger partial charge in [-0.2, -0.15) is 24.9 Å². The van der Waals surface area contributed by atoms with Crippen LogP contribution in [0.5, 0.6) is 0 Å². The molecule has 34 heavy (non-hydrogen) atoms. The predicted molar refractivity (Wildman–Crippen MR) is 133 cm³/mol. The Balaban J connectivity index is 1.53. The molecule has 1 aromatic carbocycles. The third-order valence-corrected chi connectivity index (χ3v) is 7.90. The van der Waals surface area contributed by atoms with Crippen LogP contribution < -0.4 is 15.5 Å². The summed E-state index contributed by atoms with van der Waals surface area (Å²) < 4.78 is 49.9. The molecule has 0 bridgehead atoms. The summed E-state index contributed by atoms with van der Waals surface area (Å²) in [6.45, 7) is 3.86. The van der Waals surface area contributed by atoms with Gasteiger partial charge in [0.05, 0.1) is 30.1 Å². The average Bonchev–Trinajstić information content (AvgIpc) is 2.77. The van der Waals surface area contributed by atoms with Gasteiger partial charge in [-0.1, -0.05) is 21.4 Å². The molecule has 1 unspecified atom stereocenters. The summed E-state index contributed by atoms with van der Waals surface area (Å²) in [7, 11) is 2.74. The van der Waals surface area contributed by atoms with Crippen LogP contribution in [0.2, 0.25) is 0 Å². The van der Waals surface area contributed by atoms with E-state index in [1.807, 2.05) is 11.8 Å². The number of hydrogen-bond acceptors (Lipinski definition) is 7. The molecule has 3 heterocycles. The third-order valence-electron chi connectivity index (χ3n) is 6.47. The normalized spacial score (nSPS) is 18.4. The SMILES string of the molecule is CSCC1(CNc2ncnc(N(Cc3ccc(C(F)(F)F)cc3)C3COC3)c2P)CCOCC1. The molecule has 2 aliphatic rings. The van der Waals surface area contributed by atoms with Gasteiger partial charge in [0.25, 0.3) is 0 Å². The first-order valence-corrected chi connectivity index (χ1v) is 13.2. The van der Waals surface area contributed by atoms with Crippen molar-refractivity contribution < 1.29 is 22.6 Å². The number of alkyl halides is 3. The van der Waals surface area contributed by atoms with Gasteiger partial charge < -0.3 is 19.7 Å². The van der Waals surface area contributed by atoms with E-state index in [2.05, 4.69) is 35.7 Å². The maximum Gasteiger partial charge on any atom is 0.416 e. The summed E-state index contributed by atoms with van der Waals surface area (Å²) in [6, 6.07) is 5.39. The predicted octanol–water partition coefficient (Wildman–Crippen LogP) is 3.97. The molecule has 0 radical (unpaired) electrons. The first-order chi connectivity index (χ1) is 16.3. The van der Waals surface area contributed by atoms with E-state index in [9.17, 15) is 13.2 Å². The molecule has 6 nitrogen and oxygen atoms in total. The Morgan fingerprint density at radius 2 is 1.85 bits per heavy atom. The van der Waals surface area contributed by atoms with Crippen LogP contribution in [-0.2, 0) is 22.2 Å². The van der Waals surface area contributed by atoms with E-state index in [4.69, 9.17) is 9.47 Å². The van der Waals surface area contributed by atoms with Gasteiger partial charge in [0.1, 0.15) is 18.0 Å². The lowest BCUT2D eigenvalue weighted by molar-refractivity contribution is -0.137. The Kier molecular flexibility index (Phi) is 8.23. The summed E-state index contributed by atoms with van der Waals surface area (Å²) >= 11 is 1.85. The van der Waals surface area contributed by atoms with Gasteiger partial charge in [-0.15, -0.1) is 0 Å². The molecular formula is C23H30F3N4O2PS. The van der Waals surface area contributed by atoms with Crippen molar-refractivity contribution in [2.24, 2.45) is 5.41 Å². The number of halogens is 3. The van der Waals surface area contributed by atoms with Gasteiger partial charge >= 0.3 is 6.18 Å². The highest BCUT2D eigenvalue weighted by molar-refractivity contribution is 7.98. The summed E-state index contributed by atoms with van der Waals surface area (Å²) in [4.78, 5) is 11.1. The van der Waals surface area contributed by atoms with Crippen molar-refractivity contribution in [3.05, 3.63) is 41.7 Å². The number of aromatic nitrogens is 2. The van der Waals surface area contributed by atoms with Gasteiger partial charge in [0.2, 0.25) is 0 Å². The summed E-state index contributed by atoms with van der Waals surface area (Å²) in [5.74, 6) is 2.54. The Morgan fingerprint density at radius 3 is 2.44 bits per heavy atom. The van der Waals surface area contributed by atoms with Crippen LogP contribution in [0.25, 0.3) is 0 Å². The fourth-order valence-corrected chi connectivity index (χ4v) is 5.71. The van der Waals surface area contributed by atoms with Crippen LogP contribution >= 0.6 is 21.0 Å². The van der Waals surface area contributed by atoms with Crippen molar-refractivity contribution in [3.8, 4) is 0 Å². The molecule has 0 saturated carbocycles. The number of rotatable bonds is 9. The van der Waals surface area contributed by atoms with Crippen LogP contribution in [0.15, 0.2) is 30.6 Å². The number of anilines is 2. The molecule has 186 valence electrons. The molecule has 0 spiro atoms. The van der Waals surface area contributed by atoms with Crippen molar-refractivity contribution in [3.63, 3.8) is 0 Å². The van der Waals surface area contributed by atoms with Gasteiger partial charge in [-0.05, 0) is 36.8 Å². The number of nitrogens with zero attached hydrogens (tertiary/aromatic N) is 3. The van der Waals surface area contributed by atoms with E-state index >= 15 is 0 Å². The average molecular weight is 515 g/mol. The van der Waals surface area contributed by atoms with Gasteiger partial charge in [-0.3, -0.25) is 0 Å². The lowest BCUT2D eigenvalue weighted by atomic mass is 9.82. The Labute approximate surface area is 204 Å². The summed E-state index contributed by atoms with van der Waals surface area (Å²) in [5.41, 5.74) is 0.280. The Bertz CT molecular complexity index is 949. The molecule has 2 aliphatic heterocycles. The van der Waals surface area contributed by atoms with Crippen molar-refractivity contribution in [1.82, 2.24) is 9.97 Å². The van der Waals surface area contributed by atoms with Crippen molar-refractivity contribution in [2.75, 3.05) is 55.2 Å². The first kappa shape index (κ1) is 25.5. The van der Waals surface area contributed by atoms with Gasteiger partial charge in [0, 0.05) is 37.5 Å². The van der Waals surface area contributed by atoms with Crippen LogP contribution in [0.1, 0.15) is 24.0 Å². The molecular weight excluding hydrogens is 484 g/mol. The lowest BCUT2D eigenvalue weighted by Crippen LogP contribution is -2.50. The minimum Gasteiger partial charge on any atom is -0.381 e. The zero-order chi connectivity index (χ0) is 24.2. The maximum absolute atomic E-state index is 13.0. The van der Waals surface area contributed by atoms with Crippen molar-refractivity contribution >= 4 is 37.9 Å². The highest BCUT2D eigenvalue weighted by Crippen LogP contribution is 2.34.